The van der Waals surface area contributed by atoms with Crippen LogP contribution in [0.5, 0.6) is 0 Å². The molecule has 1 aromatic carbocycles. The Morgan fingerprint density at radius 3 is 2.58 bits per heavy atom. The molecule has 2 N–H and O–H groups in total. The van der Waals surface area contributed by atoms with E-state index in [4.69, 9.17) is 11.6 Å². The Hall–Kier alpha value is -2.74. The number of aromatic nitrogens is 2. The first-order valence-electron chi connectivity index (χ1n) is 7.03. The molecule has 126 valence electrons. The van der Waals surface area contributed by atoms with Crippen molar-refractivity contribution < 1.29 is 9.72 Å². The second kappa shape index (κ2) is 6.79. The minimum absolute atomic E-state index is 0.0870. The molecule has 1 aromatic heterocycles. The lowest BCUT2D eigenvalue weighted by Crippen LogP contribution is -2.40. The van der Waals surface area contributed by atoms with Crippen molar-refractivity contribution in [3.8, 4) is 0 Å². The maximum Gasteiger partial charge on any atom is 0.329 e. The van der Waals surface area contributed by atoms with E-state index >= 15 is 0 Å². The van der Waals surface area contributed by atoms with Crippen LogP contribution in [0, 0.1) is 10.1 Å². The second-order valence-corrected chi connectivity index (χ2v) is 6.34. The molecule has 1 amide bonds. The molecule has 0 radical (unpaired) electrons. The fourth-order valence-electron chi connectivity index (χ4n) is 1.91. The van der Waals surface area contributed by atoms with Crippen molar-refractivity contribution in [1.82, 2.24) is 15.3 Å². The quantitative estimate of drug-likeness (QED) is 0.497. The molecule has 0 fully saturated rings. The van der Waals surface area contributed by atoms with Crippen LogP contribution >= 0.6 is 11.6 Å². The number of anilines is 2. The van der Waals surface area contributed by atoms with E-state index in [1.165, 1.54) is 0 Å². The van der Waals surface area contributed by atoms with Gasteiger partial charge in [0.25, 0.3) is 5.91 Å². The van der Waals surface area contributed by atoms with Gasteiger partial charge < -0.3 is 10.6 Å². The maximum atomic E-state index is 12.4. The highest BCUT2D eigenvalue weighted by Gasteiger charge is 2.21. The van der Waals surface area contributed by atoms with Crippen LogP contribution in [0.4, 0.5) is 17.2 Å². The summed E-state index contributed by atoms with van der Waals surface area (Å²) in [5.41, 5.74) is -0.0620. The van der Waals surface area contributed by atoms with Gasteiger partial charge in [-0.15, -0.1) is 0 Å². The molecule has 0 spiro atoms. The van der Waals surface area contributed by atoms with Crippen LogP contribution in [0.3, 0.4) is 0 Å². The summed E-state index contributed by atoms with van der Waals surface area (Å²) in [6.45, 7) is 5.57. The van der Waals surface area contributed by atoms with E-state index in [2.05, 4.69) is 20.6 Å². The minimum atomic E-state index is -0.628. The van der Waals surface area contributed by atoms with E-state index in [1.54, 1.807) is 24.3 Å². The number of hydrogen-bond acceptors (Lipinski definition) is 6. The van der Waals surface area contributed by atoms with Crippen LogP contribution in [0.2, 0.25) is 5.28 Å². The van der Waals surface area contributed by atoms with E-state index in [9.17, 15) is 14.9 Å². The largest absolute Gasteiger partial charge is 0.347 e. The molecular formula is C15H16ClN5O3. The van der Waals surface area contributed by atoms with Crippen LogP contribution < -0.4 is 10.6 Å². The molecule has 0 atom stereocenters. The van der Waals surface area contributed by atoms with Gasteiger partial charge in [-0.3, -0.25) is 14.9 Å². The Labute approximate surface area is 143 Å². The summed E-state index contributed by atoms with van der Waals surface area (Å²) in [7, 11) is 0. The predicted molar refractivity (Wildman–Crippen MR) is 90.6 cm³/mol. The van der Waals surface area contributed by atoms with Gasteiger partial charge in [0, 0.05) is 5.54 Å². The molecule has 0 saturated heterocycles. The molecule has 2 rings (SSSR count). The molecule has 0 unspecified atom stereocenters. The number of benzene rings is 1. The SMILES string of the molecule is CC(C)(C)NC(=O)c1ccccc1Nc1nc(Cl)ncc1[N+](=O)[O-]. The van der Waals surface area contributed by atoms with Gasteiger partial charge in [-0.1, -0.05) is 12.1 Å². The number of amides is 1. The number of nitrogens with one attached hydrogen (secondary N) is 2. The molecule has 2 aromatic rings. The van der Waals surface area contributed by atoms with Crippen molar-refractivity contribution in [1.29, 1.82) is 0 Å². The summed E-state index contributed by atoms with van der Waals surface area (Å²) in [5, 5.41) is 16.6. The van der Waals surface area contributed by atoms with Crippen LogP contribution in [-0.2, 0) is 0 Å². The number of hydrogen-bond donors (Lipinski definition) is 2. The molecule has 1 heterocycles. The third-order valence-electron chi connectivity index (χ3n) is 2.85. The van der Waals surface area contributed by atoms with Crippen molar-refractivity contribution in [3.05, 3.63) is 51.4 Å². The van der Waals surface area contributed by atoms with Crippen LogP contribution in [0.25, 0.3) is 0 Å². The lowest BCUT2D eigenvalue weighted by Gasteiger charge is -2.21. The van der Waals surface area contributed by atoms with Gasteiger partial charge in [0.15, 0.2) is 0 Å². The Bertz CT molecular complexity index is 789. The fraction of sp³-hybridized carbons (Fsp3) is 0.267. The Morgan fingerprint density at radius 1 is 1.29 bits per heavy atom. The van der Waals surface area contributed by atoms with Crippen molar-refractivity contribution in [2.24, 2.45) is 0 Å². The Kier molecular flexibility index (Phi) is 4.99. The van der Waals surface area contributed by atoms with Crippen LogP contribution in [0.1, 0.15) is 31.1 Å². The Balaban J connectivity index is 2.40. The summed E-state index contributed by atoms with van der Waals surface area (Å²) in [5.74, 6) is -0.399. The number of nitro groups is 1. The zero-order valence-electron chi connectivity index (χ0n) is 13.3. The Morgan fingerprint density at radius 2 is 1.96 bits per heavy atom. The minimum Gasteiger partial charge on any atom is -0.347 e. The van der Waals surface area contributed by atoms with E-state index in [0.717, 1.165) is 6.20 Å². The standard InChI is InChI=1S/C15H16ClN5O3/c1-15(2,3)20-13(22)9-6-4-5-7-10(9)18-12-11(21(23)24)8-17-14(16)19-12/h4-8H,1-3H3,(H,20,22)(H,17,18,19). The average Bonchev–Trinajstić information content (AvgIpc) is 2.45. The lowest BCUT2D eigenvalue weighted by molar-refractivity contribution is -0.384. The van der Waals surface area contributed by atoms with E-state index < -0.39 is 10.5 Å². The summed E-state index contributed by atoms with van der Waals surface area (Å²) >= 11 is 5.71. The summed E-state index contributed by atoms with van der Waals surface area (Å²) in [4.78, 5) is 30.3. The average molecular weight is 350 g/mol. The fourth-order valence-corrected chi connectivity index (χ4v) is 2.04. The number of carbonyl (C=O) groups is 1. The zero-order chi connectivity index (χ0) is 17.9. The van der Waals surface area contributed by atoms with Gasteiger partial charge >= 0.3 is 5.69 Å². The van der Waals surface area contributed by atoms with Crippen LogP contribution in [-0.4, -0.2) is 26.3 Å². The van der Waals surface area contributed by atoms with Gasteiger partial charge in [0.2, 0.25) is 11.1 Å². The molecule has 9 heteroatoms. The molecule has 0 aliphatic heterocycles. The van der Waals surface area contributed by atoms with Crippen molar-refractivity contribution in [2.45, 2.75) is 26.3 Å². The highest BCUT2D eigenvalue weighted by molar-refractivity contribution is 6.28. The molecule has 0 aliphatic rings. The van der Waals surface area contributed by atoms with Gasteiger partial charge in [-0.2, -0.15) is 4.98 Å². The number of para-hydroxylation sites is 1. The third kappa shape index (κ3) is 4.39. The first kappa shape index (κ1) is 17.6. The number of rotatable bonds is 4. The zero-order valence-corrected chi connectivity index (χ0v) is 14.1. The normalized spacial score (nSPS) is 11.0. The maximum absolute atomic E-state index is 12.4. The van der Waals surface area contributed by atoms with Gasteiger partial charge in [-0.25, -0.2) is 4.98 Å². The van der Waals surface area contributed by atoms with Crippen molar-refractivity contribution >= 4 is 34.7 Å². The summed E-state index contributed by atoms with van der Waals surface area (Å²) < 4.78 is 0. The third-order valence-corrected chi connectivity index (χ3v) is 3.03. The van der Waals surface area contributed by atoms with Crippen LogP contribution in [0.15, 0.2) is 30.5 Å². The highest BCUT2D eigenvalue weighted by atomic mass is 35.5. The molecule has 0 saturated carbocycles. The van der Waals surface area contributed by atoms with E-state index in [0.29, 0.717) is 11.3 Å². The molecular weight excluding hydrogens is 334 g/mol. The number of halogens is 1. The van der Waals surface area contributed by atoms with E-state index in [1.807, 2.05) is 20.8 Å². The molecule has 0 bridgehead atoms. The van der Waals surface area contributed by atoms with Gasteiger partial charge in [-0.05, 0) is 44.5 Å². The first-order valence-corrected chi connectivity index (χ1v) is 7.40. The monoisotopic (exact) mass is 349 g/mol. The van der Waals surface area contributed by atoms with Gasteiger partial charge in [0.05, 0.1) is 16.2 Å². The second-order valence-electron chi connectivity index (χ2n) is 6.00. The van der Waals surface area contributed by atoms with Crippen molar-refractivity contribution in [3.63, 3.8) is 0 Å². The molecule has 8 nitrogen and oxygen atoms in total. The highest BCUT2D eigenvalue weighted by Crippen LogP contribution is 2.27. The predicted octanol–water partition coefficient (Wildman–Crippen LogP) is 3.31. The first-order chi connectivity index (χ1) is 11.2. The van der Waals surface area contributed by atoms with Crippen molar-refractivity contribution in [2.75, 3.05) is 5.32 Å². The number of nitrogens with zero attached hydrogens (tertiary/aromatic N) is 3. The summed E-state index contributed by atoms with van der Waals surface area (Å²) in [6, 6.07) is 6.63. The smallest absolute Gasteiger partial charge is 0.329 e. The molecule has 0 aliphatic carbocycles. The lowest BCUT2D eigenvalue weighted by atomic mass is 10.1. The van der Waals surface area contributed by atoms with Gasteiger partial charge in [0.1, 0.15) is 6.20 Å². The molecule has 24 heavy (non-hydrogen) atoms. The topological polar surface area (TPSA) is 110 Å². The summed E-state index contributed by atoms with van der Waals surface area (Å²) in [6.07, 6.45) is 1.01. The van der Waals surface area contributed by atoms with E-state index in [-0.39, 0.29) is 22.7 Å². The number of carbonyl (C=O) groups excluding carboxylic acids is 1.